The normalized spacial score (nSPS) is 12.3. The highest BCUT2D eigenvalue weighted by Crippen LogP contribution is 2.29. The average Bonchev–Trinajstić information content (AvgIpc) is 2.39. The van der Waals surface area contributed by atoms with Crippen molar-refractivity contribution in [3.05, 3.63) is 29.3 Å². The van der Waals surface area contributed by atoms with Gasteiger partial charge in [-0.3, -0.25) is 4.79 Å². The molecule has 1 aromatic rings. The lowest BCUT2D eigenvalue weighted by Gasteiger charge is -2.18. The first-order valence-electron chi connectivity index (χ1n) is 6.11. The van der Waals surface area contributed by atoms with Gasteiger partial charge in [-0.25, -0.2) is 0 Å². The first kappa shape index (κ1) is 14.5. The fourth-order valence-electron chi connectivity index (χ4n) is 1.98. The van der Waals surface area contributed by atoms with Crippen molar-refractivity contribution in [2.45, 2.75) is 25.8 Å². The van der Waals surface area contributed by atoms with Gasteiger partial charge in [0, 0.05) is 7.05 Å². The number of nitrogens with one attached hydrogen (secondary N) is 2. The van der Waals surface area contributed by atoms with Crippen molar-refractivity contribution in [1.29, 1.82) is 0 Å². The molecule has 0 bridgehead atoms. The first-order valence-corrected chi connectivity index (χ1v) is 6.11. The van der Waals surface area contributed by atoms with Crippen LogP contribution < -0.4 is 15.4 Å². The van der Waals surface area contributed by atoms with Gasteiger partial charge in [-0.1, -0.05) is 19.9 Å². The van der Waals surface area contributed by atoms with E-state index in [1.54, 1.807) is 21.2 Å². The Morgan fingerprint density at radius 3 is 2.39 bits per heavy atom. The Kier molecular flexibility index (Phi) is 5.16. The number of amides is 1. The van der Waals surface area contributed by atoms with Gasteiger partial charge in [0.25, 0.3) is 0 Å². The molecular formula is C14H22N2O2. The maximum absolute atomic E-state index is 11.8. The molecule has 0 radical (unpaired) electrons. The minimum absolute atomic E-state index is 0.0441. The number of carbonyl (C=O) groups is 1. The quantitative estimate of drug-likeness (QED) is 0.838. The zero-order valence-corrected chi connectivity index (χ0v) is 11.7. The molecule has 0 fully saturated rings. The largest absolute Gasteiger partial charge is 0.496 e. The molecule has 0 aliphatic carbocycles. The van der Waals surface area contributed by atoms with Crippen LogP contribution in [0.2, 0.25) is 0 Å². The van der Waals surface area contributed by atoms with Crippen LogP contribution >= 0.6 is 0 Å². The third kappa shape index (κ3) is 3.01. The van der Waals surface area contributed by atoms with Gasteiger partial charge >= 0.3 is 0 Å². The second kappa shape index (κ2) is 6.40. The van der Waals surface area contributed by atoms with Gasteiger partial charge < -0.3 is 15.4 Å². The van der Waals surface area contributed by atoms with Crippen molar-refractivity contribution in [1.82, 2.24) is 10.6 Å². The van der Waals surface area contributed by atoms with Gasteiger partial charge in [0.05, 0.1) is 7.11 Å². The van der Waals surface area contributed by atoms with E-state index in [1.165, 1.54) is 0 Å². The summed E-state index contributed by atoms with van der Waals surface area (Å²) in [6.45, 7) is 4.21. The molecule has 4 heteroatoms. The summed E-state index contributed by atoms with van der Waals surface area (Å²) in [5, 5.41) is 5.68. The predicted octanol–water partition coefficient (Wildman–Crippen LogP) is 1.83. The number of carbonyl (C=O) groups excluding carboxylic acids is 1. The number of methoxy groups -OCH3 is 1. The number of ether oxygens (including phenoxy) is 1. The van der Waals surface area contributed by atoms with E-state index in [0.717, 1.165) is 16.9 Å². The summed E-state index contributed by atoms with van der Waals surface area (Å²) < 4.78 is 5.34. The Morgan fingerprint density at radius 2 is 1.94 bits per heavy atom. The first-order chi connectivity index (χ1) is 8.54. The number of rotatable bonds is 5. The van der Waals surface area contributed by atoms with E-state index in [4.69, 9.17) is 4.74 Å². The molecule has 1 rings (SSSR count). The van der Waals surface area contributed by atoms with Crippen LogP contribution in [0.3, 0.4) is 0 Å². The van der Waals surface area contributed by atoms with E-state index in [2.05, 4.69) is 24.5 Å². The molecule has 18 heavy (non-hydrogen) atoms. The van der Waals surface area contributed by atoms with Crippen molar-refractivity contribution in [3.63, 3.8) is 0 Å². The van der Waals surface area contributed by atoms with Gasteiger partial charge in [-0.2, -0.15) is 0 Å². The molecule has 2 N–H and O–H groups in total. The second-order valence-electron chi connectivity index (χ2n) is 4.49. The maximum Gasteiger partial charge on any atom is 0.241 e. The Labute approximate surface area is 109 Å². The van der Waals surface area contributed by atoms with Crippen LogP contribution in [-0.2, 0) is 4.79 Å². The number of hydrogen-bond acceptors (Lipinski definition) is 3. The molecule has 1 amide bonds. The molecule has 0 saturated carbocycles. The summed E-state index contributed by atoms with van der Waals surface area (Å²) in [6.07, 6.45) is 0. The van der Waals surface area contributed by atoms with Crippen LogP contribution in [-0.4, -0.2) is 27.1 Å². The van der Waals surface area contributed by atoms with Gasteiger partial charge in [0.1, 0.15) is 11.8 Å². The van der Waals surface area contributed by atoms with Gasteiger partial charge in [0.15, 0.2) is 0 Å². The van der Waals surface area contributed by atoms with Gasteiger partial charge in [-0.05, 0) is 36.2 Å². The lowest BCUT2D eigenvalue weighted by Crippen LogP contribution is -2.33. The molecule has 1 atom stereocenters. The highest BCUT2D eigenvalue weighted by atomic mass is 16.5. The molecule has 4 nitrogen and oxygen atoms in total. The van der Waals surface area contributed by atoms with E-state index >= 15 is 0 Å². The van der Waals surface area contributed by atoms with E-state index in [1.807, 2.05) is 18.2 Å². The van der Waals surface area contributed by atoms with Gasteiger partial charge in [0.2, 0.25) is 5.91 Å². The summed E-state index contributed by atoms with van der Waals surface area (Å²) >= 11 is 0. The van der Waals surface area contributed by atoms with Crippen LogP contribution in [0.4, 0.5) is 0 Å². The highest BCUT2D eigenvalue weighted by Gasteiger charge is 2.19. The van der Waals surface area contributed by atoms with E-state index in [0.29, 0.717) is 5.92 Å². The molecule has 0 spiro atoms. The number of benzene rings is 1. The minimum atomic E-state index is -0.335. The summed E-state index contributed by atoms with van der Waals surface area (Å²) in [4.78, 5) is 11.8. The molecule has 1 unspecified atom stereocenters. The van der Waals surface area contributed by atoms with Crippen molar-refractivity contribution in [2.24, 2.45) is 0 Å². The summed E-state index contributed by atoms with van der Waals surface area (Å²) in [7, 11) is 5.08. The zero-order chi connectivity index (χ0) is 13.7. The third-order valence-corrected chi connectivity index (χ3v) is 3.01. The maximum atomic E-state index is 11.8. The summed E-state index contributed by atoms with van der Waals surface area (Å²) in [5.41, 5.74) is 2.06. The summed E-state index contributed by atoms with van der Waals surface area (Å²) in [6, 6.07) is 5.53. The smallest absolute Gasteiger partial charge is 0.241 e. The Balaban J connectivity index is 3.17. The Bertz CT molecular complexity index is 416. The Hall–Kier alpha value is -1.55. The molecule has 0 heterocycles. The fourth-order valence-corrected chi connectivity index (χ4v) is 1.98. The topological polar surface area (TPSA) is 50.4 Å². The molecule has 0 saturated heterocycles. The van der Waals surface area contributed by atoms with Crippen LogP contribution in [0.25, 0.3) is 0 Å². The van der Waals surface area contributed by atoms with Crippen LogP contribution in [0.5, 0.6) is 5.75 Å². The molecule has 1 aromatic carbocycles. The van der Waals surface area contributed by atoms with Crippen LogP contribution in [0, 0.1) is 0 Å². The highest BCUT2D eigenvalue weighted by molar-refractivity contribution is 5.83. The van der Waals surface area contributed by atoms with Crippen molar-refractivity contribution >= 4 is 5.91 Å². The molecule has 0 aliphatic rings. The monoisotopic (exact) mass is 250 g/mol. The zero-order valence-electron chi connectivity index (χ0n) is 11.7. The lowest BCUT2D eigenvalue weighted by atomic mass is 9.96. The van der Waals surface area contributed by atoms with Crippen molar-refractivity contribution < 1.29 is 9.53 Å². The minimum Gasteiger partial charge on any atom is -0.496 e. The van der Waals surface area contributed by atoms with Crippen LogP contribution in [0.15, 0.2) is 18.2 Å². The second-order valence-corrected chi connectivity index (χ2v) is 4.49. The van der Waals surface area contributed by atoms with E-state index < -0.39 is 0 Å². The van der Waals surface area contributed by atoms with Crippen molar-refractivity contribution in [2.75, 3.05) is 21.2 Å². The standard InChI is InChI=1S/C14H22N2O2/c1-9(2)11-8-10(6-7-12(11)18-5)13(15-3)14(17)16-4/h6-9,13,15H,1-5H3,(H,16,17). The van der Waals surface area contributed by atoms with Crippen LogP contribution in [0.1, 0.15) is 36.9 Å². The summed E-state index contributed by atoms with van der Waals surface area (Å²) in [5.74, 6) is 1.17. The number of likely N-dealkylation sites (N-methyl/N-ethyl adjacent to an activating group) is 2. The third-order valence-electron chi connectivity index (χ3n) is 3.01. The Morgan fingerprint density at radius 1 is 1.28 bits per heavy atom. The van der Waals surface area contributed by atoms with Gasteiger partial charge in [-0.15, -0.1) is 0 Å². The molecule has 100 valence electrons. The SMILES string of the molecule is CNC(=O)C(NC)c1ccc(OC)c(C(C)C)c1. The average molecular weight is 250 g/mol. The van der Waals surface area contributed by atoms with Crippen molar-refractivity contribution in [3.8, 4) is 5.75 Å². The molecule has 0 aromatic heterocycles. The number of hydrogen-bond donors (Lipinski definition) is 2. The fraction of sp³-hybridized carbons (Fsp3) is 0.500. The van der Waals surface area contributed by atoms with E-state index in [-0.39, 0.29) is 11.9 Å². The molecule has 0 aliphatic heterocycles. The lowest BCUT2D eigenvalue weighted by molar-refractivity contribution is -0.122. The predicted molar refractivity (Wildman–Crippen MR) is 73.0 cm³/mol. The molecular weight excluding hydrogens is 228 g/mol. The van der Waals surface area contributed by atoms with E-state index in [9.17, 15) is 4.79 Å².